The Balaban J connectivity index is 2.86. The molecule has 0 aromatic heterocycles. The van der Waals surface area contributed by atoms with Gasteiger partial charge in [-0.15, -0.1) is 0 Å². The van der Waals surface area contributed by atoms with Crippen LogP contribution in [0.2, 0.25) is 0 Å². The third-order valence-corrected chi connectivity index (χ3v) is 1.98. The minimum absolute atomic E-state index is 0.230. The van der Waals surface area contributed by atoms with Gasteiger partial charge in [0.1, 0.15) is 0 Å². The molecule has 0 rings (SSSR count). The molecule has 0 unspecified atom stereocenters. The van der Waals surface area contributed by atoms with E-state index in [9.17, 15) is 9.90 Å². The highest BCUT2D eigenvalue weighted by Crippen LogP contribution is 2.07. The van der Waals surface area contributed by atoms with E-state index in [1.165, 1.54) is 32.1 Å². The van der Waals surface area contributed by atoms with Crippen LogP contribution in [0.4, 0.5) is 0 Å². The van der Waals surface area contributed by atoms with Crippen LogP contribution in [0.25, 0.3) is 0 Å². The molecule has 0 heterocycles. The number of hydrogen-bond donors (Lipinski definition) is 0. The summed E-state index contributed by atoms with van der Waals surface area (Å²) in [6.45, 7) is 2.19. The SMILES string of the molecule is CCCCCCCCCC([O])=O. The Morgan fingerprint density at radius 1 is 0.917 bits per heavy atom. The van der Waals surface area contributed by atoms with Gasteiger partial charge in [0.2, 0.25) is 0 Å². The normalized spacial score (nSPS) is 10.1. The number of unbranched alkanes of at least 4 members (excludes halogenated alkanes) is 6. The van der Waals surface area contributed by atoms with Crippen LogP contribution in [0.3, 0.4) is 0 Å². The van der Waals surface area contributed by atoms with Crippen molar-refractivity contribution in [2.24, 2.45) is 0 Å². The van der Waals surface area contributed by atoms with Crippen molar-refractivity contribution in [3.05, 3.63) is 0 Å². The van der Waals surface area contributed by atoms with Crippen LogP contribution in [0, 0.1) is 0 Å². The molecule has 2 nitrogen and oxygen atoms in total. The van der Waals surface area contributed by atoms with Gasteiger partial charge in [0, 0.05) is 0 Å². The van der Waals surface area contributed by atoms with E-state index in [0.717, 1.165) is 12.8 Å². The lowest BCUT2D eigenvalue weighted by Crippen LogP contribution is -1.91. The van der Waals surface area contributed by atoms with Crippen LogP contribution in [0.1, 0.15) is 58.3 Å². The molecule has 71 valence electrons. The second kappa shape index (κ2) is 8.57. The lowest BCUT2D eigenvalue weighted by Gasteiger charge is -1.97. The zero-order valence-corrected chi connectivity index (χ0v) is 7.97. The largest absolute Gasteiger partial charge is 0.355 e. The van der Waals surface area contributed by atoms with Crippen molar-refractivity contribution >= 4 is 5.97 Å². The molecule has 0 amide bonds. The van der Waals surface area contributed by atoms with E-state index in [1.807, 2.05) is 0 Å². The maximum Gasteiger partial charge on any atom is 0.355 e. The fourth-order valence-corrected chi connectivity index (χ4v) is 1.23. The van der Waals surface area contributed by atoms with Crippen molar-refractivity contribution in [3.8, 4) is 0 Å². The molecule has 2 heteroatoms. The predicted molar refractivity (Wildman–Crippen MR) is 48.3 cm³/mol. The molecule has 1 radical (unpaired) electrons. The molecule has 0 atom stereocenters. The molecule has 0 aliphatic rings. The van der Waals surface area contributed by atoms with Crippen molar-refractivity contribution in [1.82, 2.24) is 0 Å². The maximum atomic E-state index is 10.0. The molecule has 0 aromatic rings. The van der Waals surface area contributed by atoms with Crippen LogP contribution in [0.15, 0.2) is 0 Å². The smallest absolute Gasteiger partial charge is 0.247 e. The first-order valence-corrected chi connectivity index (χ1v) is 4.97. The molecule has 0 aliphatic carbocycles. The highest BCUT2D eigenvalue weighted by molar-refractivity contribution is 5.66. The first-order valence-electron chi connectivity index (χ1n) is 4.97. The molecule has 0 fully saturated rings. The molecule has 0 bridgehead atoms. The summed E-state index contributed by atoms with van der Waals surface area (Å²) in [5, 5.41) is 10.0. The van der Waals surface area contributed by atoms with Crippen molar-refractivity contribution in [2.45, 2.75) is 58.3 Å². The average Bonchev–Trinajstić information content (AvgIpc) is 2.02. The van der Waals surface area contributed by atoms with Gasteiger partial charge in [-0.1, -0.05) is 45.4 Å². The van der Waals surface area contributed by atoms with E-state index in [4.69, 9.17) is 0 Å². The Labute approximate surface area is 75.0 Å². The first kappa shape index (κ1) is 11.5. The third-order valence-electron chi connectivity index (χ3n) is 1.98. The van der Waals surface area contributed by atoms with Crippen molar-refractivity contribution < 1.29 is 9.90 Å². The van der Waals surface area contributed by atoms with Gasteiger partial charge in [0.25, 0.3) is 0 Å². The molecule has 0 spiro atoms. The summed E-state index contributed by atoms with van der Waals surface area (Å²) in [6.07, 6.45) is 8.34. The molecular formula is C10H19O2. The zero-order chi connectivity index (χ0) is 9.23. The molecular weight excluding hydrogens is 152 g/mol. The summed E-state index contributed by atoms with van der Waals surface area (Å²) in [6, 6.07) is 0. The molecule has 0 aliphatic heterocycles. The van der Waals surface area contributed by atoms with Gasteiger partial charge < -0.3 is 0 Å². The summed E-state index contributed by atoms with van der Waals surface area (Å²) in [4.78, 5) is 10.0. The monoisotopic (exact) mass is 171 g/mol. The van der Waals surface area contributed by atoms with Crippen LogP contribution >= 0.6 is 0 Å². The van der Waals surface area contributed by atoms with E-state index in [-0.39, 0.29) is 6.42 Å². The fourth-order valence-electron chi connectivity index (χ4n) is 1.23. The first-order chi connectivity index (χ1) is 5.77. The van der Waals surface area contributed by atoms with E-state index in [2.05, 4.69) is 6.92 Å². The lowest BCUT2D eigenvalue weighted by atomic mass is 10.1. The Morgan fingerprint density at radius 3 is 1.92 bits per heavy atom. The quantitative estimate of drug-likeness (QED) is 0.517. The molecule has 0 saturated heterocycles. The topological polar surface area (TPSA) is 37.0 Å². The Bertz CT molecular complexity index is 110. The summed E-state index contributed by atoms with van der Waals surface area (Å²) < 4.78 is 0. The van der Waals surface area contributed by atoms with Crippen LogP contribution < -0.4 is 0 Å². The maximum absolute atomic E-state index is 10.0. The highest BCUT2D eigenvalue weighted by Gasteiger charge is 1.97. The Morgan fingerprint density at radius 2 is 1.42 bits per heavy atom. The third kappa shape index (κ3) is 9.47. The van der Waals surface area contributed by atoms with Gasteiger partial charge in [-0.05, 0) is 6.42 Å². The van der Waals surface area contributed by atoms with Crippen molar-refractivity contribution in [3.63, 3.8) is 0 Å². The number of carbonyl (C=O) groups excluding carboxylic acids is 1. The lowest BCUT2D eigenvalue weighted by molar-refractivity contribution is -0.143. The zero-order valence-electron chi connectivity index (χ0n) is 7.97. The van der Waals surface area contributed by atoms with Gasteiger partial charge in [-0.2, -0.15) is 0 Å². The standard InChI is InChI=1S/C10H19O2/c1-2-3-4-5-6-7-8-9-10(11)12/h2-9H2,1H3. The number of carbonyl (C=O) groups is 1. The second-order valence-electron chi connectivity index (χ2n) is 3.24. The van der Waals surface area contributed by atoms with E-state index in [1.54, 1.807) is 0 Å². The summed E-state index contributed by atoms with van der Waals surface area (Å²) >= 11 is 0. The number of hydrogen-bond acceptors (Lipinski definition) is 1. The van der Waals surface area contributed by atoms with Crippen LogP contribution in [-0.2, 0) is 9.90 Å². The van der Waals surface area contributed by atoms with E-state index >= 15 is 0 Å². The van der Waals surface area contributed by atoms with Gasteiger partial charge in [0.15, 0.2) is 0 Å². The van der Waals surface area contributed by atoms with Crippen molar-refractivity contribution in [2.75, 3.05) is 0 Å². The fraction of sp³-hybridized carbons (Fsp3) is 0.900. The van der Waals surface area contributed by atoms with E-state index < -0.39 is 5.97 Å². The highest BCUT2D eigenvalue weighted by atomic mass is 16.4. The molecule has 0 N–H and O–H groups in total. The Hall–Kier alpha value is -0.530. The van der Waals surface area contributed by atoms with Gasteiger partial charge >= 0.3 is 5.97 Å². The predicted octanol–water partition coefficient (Wildman–Crippen LogP) is 3.08. The molecule has 0 aromatic carbocycles. The second-order valence-corrected chi connectivity index (χ2v) is 3.24. The summed E-state index contributed by atoms with van der Waals surface area (Å²) in [5.41, 5.74) is 0. The van der Waals surface area contributed by atoms with Gasteiger partial charge in [-0.3, -0.25) is 0 Å². The van der Waals surface area contributed by atoms with Crippen molar-refractivity contribution in [1.29, 1.82) is 0 Å². The van der Waals surface area contributed by atoms with Gasteiger partial charge in [-0.25, -0.2) is 9.90 Å². The van der Waals surface area contributed by atoms with Crippen LogP contribution in [0.5, 0.6) is 0 Å². The average molecular weight is 171 g/mol. The summed E-state index contributed by atoms with van der Waals surface area (Å²) in [5.74, 6) is -0.913. The van der Waals surface area contributed by atoms with Crippen LogP contribution in [-0.4, -0.2) is 5.97 Å². The summed E-state index contributed by atoms with van der Waals surface area (Å²) in [7, 11) is 0. The van der Waals surface area contributed by atoms with Gasteiger partial charge in [0.05, 0.1) is 6.42 Å². The minimum Gasteiger partial charge on any atom is -0.247 e. The molecule has 12 heavy (non-hydrogen) atoms. The van der Waals surface area contributed by atoms with E-state index in [0.29, 0.717) is 0 Å². The molecule has 0 saturated carbocycles. The minimum atomic E-state index is -0.913. The number of rotatable bonds is 8. The Kier molecular flexibility index (Phi) is 8.19.